The van der Waals surface area contributed by atoms with Gasteiger partial charge in [0.1, 0.15) is 11.4 Å². The number of amides is 3. The average molecular weight is 561 g/mol. The fraction of sp³-hybridized carbons (Fsp3) is 0.308. The Labute approximate surface area is 250 Å². The van der Waals surface area contributed by atoms with Gasteiger partial charge in [-0.2, -0.15) is 0 Å². The third-order valence-electron chi connectivity index (χ3n) is 6.19. The molecule has 1 aromatic heterocycles. The molecule has 2 aliphatic rings. The number of aromatic carboxylic acids is 1. The minimum Gasteiger partial charge on any atom is -0.548 e. The van der Waals surface area contributed by atoms with Crippen LogP contribution in [0.15, 0.2) is 66.6 Å². The molecule has 0 bridgehead atoms. The van der Waals surface area contributed by atoms with E-state index in [0.29, 0.717) is 17.9 Å². The summed E-state index contributed by atoms with van der Waals surface area (Å²) in [7, 11) is 0. The fourth-order valence-electron chi connectivity index (χ4n) is 4.17. The van der Waals surface area contributed by atoms with Gasteiger partial charge in [-0.15, -0.1) is 11.8 Å². The predicted octanol–water partition coefficient (Wildman–Crippen LogP) is -4.66. The number of aromatic nitrogens is 1. The van der Waals surface area contributed by atoms with E-state index in [4.69, 9.17) is 0 Å². The number of fused-ring (bicyclic) bond motifs is 1. The summed E-state index contributed by atoms with van der Waals surface area (Å²) in [6.45, 7) is 0.480. The molecule has 0 unspecified atom stereocenters. The van der Waals surface area contributed by atoms with Gasteiger partial charge in [-0.05, 0) is 25.0 Å². The molecule has 2 aromatic rings. The van der Waals surface area contributed by atoms with E-state index in [9.17, 15) is 34.2 Å². The van der Waals surface area contributed by atoms with E-state index >= 15 is 0 Å². The van der Waals surface area contributed by atoms with Crippen molar-refractivity contribution in [3.05, 3.63) is 77.8 Å². The molecule has 39 heavy (non-hydrogen) atoms. The number of hydrogen-bond acceptors (Lipinski definition) is 8. The van der Waals surface area contributed by atoms with Crippen LogP contribution in [0.1, 0.15) is 40.0 Å². The van der Waals surface area contributed by atoms with Crippen LogP contribution in [-0.2, 0) is 20.9 Å². The van der Waals surface area contributed by atoms with Crippen molar-refractivity contribution in [2.24, 2.45) is 0 Å². The van der Waals surface area contributed by atoms with Gasteiger partial charge in [-0.25, -0.2) is 4.57 Å². The van der Waals surface area contributed by atoms with E-state index in [1.807, 2.05) is 0 Å². The van der Waals surface area contributed by atoms with E-state index in [-0.39, 0.29) is 71.6 Å². The molecular formula is C26H25N4NaO7S. The zero-order valence-corrected chi connectivity index (χ0v) is 24.0. The smallest absolute Gasteiger partial charge is 0.548 e. The summed E-state index contributed by atoms with van der Waals surface area (Å²) < 4.78 is 1.80. The number of pyridine rings is 1. The zero-order chi connectivity index (χ0) is 27.2. The first-order valence-corrected chi connectivity index (χ1v) is 13.0. The van der Waals surface area contributed by atoms with Crippen LogP contribution >= 0.6 is 11.8 Å². The van der Waals surface area contributed by atoms with Gasteiger partial charge in [0.15, 0.2) is 18.9 Å². The standard InChI is InChI=1S/C26H26N4O7S.Na/c31-20(8-4-7-19(26(36)37)27-22(32)17-5-2-1-3-6-17)28-21-23(33)30-14-16(15-38-24(21)30)13-29-11-9-18(10-12-29)25(34)35;/h1-3,5-6,9-12,14,19,21,24H,4,7-8,13,15H2,(H3-,27,28,31,32,34,35,36,37);/q;+1/p-1/t19-,21-,24-;/m1./s1. The van der Waals surface area contributed by atoms with Gasteiger partial charge in [-0.3, -0.25) is 14.4 Å². The van der Waals surface area contributed by atoms with Gasteiger partial charge >= 0.3 is 29.6 Å². The first kappa shape index (κ1) is 30.4. The molecule has 0 saturated carbocycles. The molecule has 0 aliphatic carbocycles. The van der Waals surface area contributed by atoms with Gasteiger partial charge in [-0.1, -0.05) is 18.2 Å². The second kappa shape index (κ2) is 13.7. The SMILES string of the molecule is O=C(CCC[C@@H](NC(=O)c1ccccc1)C(=O)[O-])N[C@@H]1C(=O)N2C=C(C[n+]3ccc(C(=O)[O-])cc3)CS[C@H]12.[Na+]. The van der Waals surface area contributed by atoms with Crippen LogP contribution in [-0.4, -0.2) is 57.8 Å². The Balaban J connectivity index is 0.00000420. The predicted molar refractivity (Wildman–Crippen MR) is 131 cm³/mol. The first-order chi connectivity index (χ1) is 18.2. The zero-order valence-electron chi connectivity index (χ0n) is 21.2. The van der Waals surface area contributed by atoms with Crippen molar-refractivity contribution in [2.45, 2.75) is 43.3 Å². The maximum atomic E-state index is 12.6. The summed E-state index contributed by atoms with van der Waals surface area (Å²) in [5, 5.41) is 27.2. The van der Waals surface area contributed by atoms with Gasteiger partial charge in [0.25, 0.3) is 11.8 Å². The van der Waals surface area contributed by atoms with Crippen molar-refractivity contribution in [3.8, 4) is 0 Å². The van der Waals surface area contributed by atoms with Crippen LogP contribution in [0.5, 0.6) is 0 Å². The molecule has 1 fully saturated rings. The monoisotopic (exact) mass is 560 g/mol. The minimum atomic E-state index is -1.44. The van der Waals surface area contributed by atoms with Crippen LogP contribution in [0, 0.1) is 0 Å². The molecule has 0 spiro atoms. The summed E-state index contributed by atoms with van der Waals surface area (Å²) >= 11 is 1.51. The summed E-state index contributed by atoms with van der Waals surface area (Å²) in [5.74, 6) is -3.22. The number of hydrogen-bond donors (Lipinski definition) is 2. The molecular weight excluding hydrogens is 535 g/mol. The molecule has 1 aromatic carbocycles. The molecule has 11 nitrogen and oxygen atoms in total. The van der Waals surface area contributed by atoms with Gasteiger partial charge in [0.2, 0.25) is 5.91 Å². The molecule has 3 atom stereocenters. The van der Waals surface area contributed by atoms with Gasteiger partial charge < -0.3 is 35.3 Å². The van der Waals surface area contributed by atoms with Gasteiger partial charge in [0, 0.05) is 47.2 Å². The Kier molecular flexibility index (Phi) is 10.7. The third-order valence-corrected chi connectivity index (χ3v) is 7.57. The molecule has 3 amide bonds. The number of β-lactam (4-membered cyclic amide) rings is 1. The Morgan fingerprint density at radius 3 is 2.38 bits per heavy atom. The maximum Gasteiger partial charge on any atom is 1.00 e. The largest absolute Gasteiger partial charge is 1.00 e. The number of carbonyl (C=O) groups excluding carboxylic acids is 5. The Hall–Kier alpha value is -3.19. The summed E-state index contributed by atoms with van der Waals surface area (Å²) in [6.07, 6.45) is 5.19. The van der Waals surface area contributed by atoms with Crippen LogP contribution in [0.3, 0.4) is 0 Å². The number of carboxylic acid groups (broad SMARTS) is 2. The molecule has 1 saturated heterocycles. The van der Waals surface area contributed by atoms with E-state index in [0.717, 1.165) is 5.57 Å². The Morgan fingerprint density at radius 2 is 1.74 bits per heavy atom. The van der Waals surface area contributed by atoms with E-state index in [2.05, 4.69) is 10.6 Å². The van der Waals surface area contributed by atoms with Crippen molar-refractivity contribution >= 4 is 41.4 Å². The van der Waals surface area contributed by atoms with Gasteiger partial charge in [0.05, 0.1) is 18.0 Å². The number of carbonyl (C=O) groups is 5. The van der Waals surface area contributed by atoms with E-state index in [1.165, 1.54) is 23.9 Å². The number of aliphatic carboxylic acids is 1. The molecule has 2 aliphatic heterocycles. The van der Waals surface area contributed by atoms with E-state index < -0.39 is 29.9 Å². The number of nitrogens with zero attached hydrogens (tertiary/aromatic N) is 2. The van der Waals surface area contributed by atoms with Crippen molar-refractivity contribution in [2.75, 3.05) is 5.75 Å². The maximum absolute atomic E-state index is 12.6. The first-order valence-electron chi connectivity index (χ1n) is 11.9. The molecule has 2 N–H and O–H groups in total. The summed E-state index contributed by atoms with van der Waals surface area (Å²) in [5.41, 5.74) is 1.36. The Bertz CT molecular complexity index is 1270. The minimum absolute atomic E-state index is 0. The molecule has 198 valence electrons. The normalized spacial score (nSPS) is 18.4. The topological polar surface area (TPSA) is 163 Å². The second-order valence-corrected chi connectivity index (χ2v) is 10.0. The molecule has 13 heteroatoms. The Morgan fingerprint density at radius 1 is 1.05 bits per heavy atom. The number of rotatable bonds is 11. The van der Waals surface area contributed by atoms with Crippen molar-refractivity contribution in [3.63, 3.8) is 0 Å². The van der Waals surface area contributed by atoms with Crippen LogP contribution < -0.4 is 55.0 Å². The molecule has 3 heterocycles. The average Bonchev–Trinajstić information content (AvgIpc) is 2.91. The third kappa shape index (κ3) is 7.69. The van der Waals surface area contributed by atoms with Crippen LogP contribution in [0.2, 0.25) is 0 Å². The molecule has 4 rings (SSSR count). The van der Waals surface area contributed by atoms with E-state index in [1.54, 1.807) is 58.4 Å². The fourth-order valence-corrected chi connectivity index (χ4v) is 5.42. The molecule has 0 radical (unpaired) electrons. The number of carboxylic acids is 2. The van der Waals surface area contributed by atoms with Crippen molar-refractivity contribution in [1.29, 1.82) is 0 Å². The number of nitrogens with one attached hydrogen (secondary N) is 2. The van der Waals surface area contributed by atoms with Crippen molar-refractivity contribution < 1.29 is 68.3 Å². The second-order valence-electron chi connectivity index (χ2n) is 8.93. The van der Waals surface area contributed by atoms with Crippen LogP contribution in [0.25, 0.3) is 0 Å². The number of thioether (sulfide) groups is 1. The van der Waals surface area contributed by atoms with Crippen LogP contribution in [0.4, 0.5) is 0 Å². The summed E-state index contributed by atoms with van der Waals surface area (Å²) in [4.78, 5) is 61.2. The quantitative estimate of drug-likeness (QED) is 0.158. The number of benzene rings is 1. The van der Waals surface area contributed by atoms with Crippen molar-refractivity contribution in [1.82, 2.24) is 15.5 Å². The summed E-state index contributed by atoms with van der Waals surface area (Å²) in [6, 6.07) is 9.16.